The van der Waals surface area contributed by atoms with Gasteiger partial charge in [-0.2, -0.15) is 0 Å². The van der Waals surface area contributed by atoms with Gasteiger partial charge in [-0.05, 0) is 30.4 Å². The zero-order valence-electron chi connectivity index (χ0n) is 7.70. The number of fused-ring (bicyclic) bond motifs is 4. The average Bonchev–Trinajstić information content (AvgIpc) is 2.87. The van der Waals surface area contributed by atoms with Crippen LogP contribution in [0, 0.1) is 11.8 Å². The molecule has 2 nitrogen and oxygen atoms in total. The molecule has 68 valence electrons. The first-order valence-corrected chi connectivity index (χ1v) is 5.08. The first-order valence-electron chi connectivity index (χ1n) is 5.08. The summed E-state index contributed by atoms with van der Waals surface area (Å²) >= 11 is 0. The molecule has 0 aromatic carbocycles. The molecule has 0 bridgehead atoms. The van der Waals surface area contributed by atoms with Gasteiger partial charge in [0.2, 0.25) is 0 Å². The summed E-state index contributed by atoms with van der Waals surface area (Å²) in [6.07, 6.45) is 7.94. The summed E-state index contributed by atoms with van der Waals surface area (Å²) in [5.74, 6) is 1.61. The van der Waals surface area contributed by atoms with E-state index in [2.05, 4.69) is 28.2 Å². The van der Waals surface area contributed by atoms with Crippen molar-refractivity contribution in [2.75, 3.05) is 0 Å². The Morgan fingerprint density at radius 3 is 3.21 bits per heavy atom. The van der Waals surface area contributed by atoms with Gasteiger partial charge in [0.25, 0.3) is 0 Å². The van der Waals surface area contributed by atoms with Gasteiger partial charge in [0, 0.05) is 22.2 Å². The second-order valence-electron chi connectivity index (χ2n) is 4.25. The standard InChI is InChI=1S/C12H10N2/c1-2-9-10-5-7-4-8(7)6-11(10)14-12(9)13-3-1/h1-3,5-8H,4H2,(H,13,14). The van der Waals surface area contributed by atoms with Gasteiger partial charge in [-0.1, -0.05) is 12.2 Å². The first-order chi connectivity index (χ1) is 6.92. The van der Waals surface area contributed by atoms with Crippen LogP contribution in [0.25, 0.3) is 23.2 Å². The van der Waals surface area contributed by atoms with E-state index in [9.17, 15) is 0 Å². The Morgan fingerprint density at radius 2 is 2.21 bits per heavy atom. The van der Waals surface area contributed by atoms with Gasteiger partial charge in [-0.15, -0.1) is 0 Å². The number of nitrogens with zero attached hydrogens (tertiary/aromatic N) is 1. The van der Waals surface area contributed by atoms with Crippen LogP contribution in [0.1, 0.15) is 6.42 Å². The van der Waals surface area contributed by atoms with Crippen molar-refractivity contribution in [2.24, 2.45) is 11.8 Å². The van der Waals surface area contributed by atoms with Crippen LogP contribution in [0.15, 0.2) is 18.3 Å². The molecule has 0 spiro atoms. The van der Waals surface area contributed by atoms with Crippen molar-refractivity contribution in [2.45, 2.75) is 6.42 Å². The minimum atomic E-state index is 0.801. The van der Waals surface area contributed by atoms with E-state index in [4.69, 9.17) is 0 Å². The highest BCUT2D eigenvalue weighted by molar-refractivity contribution is 5.78. The van der Waals surface area contributed by atoms with Crippen LogP contribution in [0.5, 0.6) is 0 Å². The van der Waals surface area contributed by atoms with Gasteiger partial charge in [0.1, 0.15) is 5.65 Å². The van der Waals surface area contributed by atoms with Gasteiger partial charge in [0.05, 0.1) is 0 Å². The number of H-pyrrole nitrogens is 1. The molecule has 2 heteroatoms. The Balaban J connectivity index is 2.28. The number of pyridine rings is 1. The van der Waals surface area contributed by atoms with Crippen LogP contribution in [0.3, 0.4) is 0 Å². The summed E-state index contributed by atoms with van der Waals surface area (Å²) in [5, 5.41) is 3.91. The molecule has 2 aromatic heterocycles. The molecule has 14 heavy (non-hydrogen) atoms. The Morgan fingerprint density at radius 1 is 1.29 bits per heavy atom. The summed E-state index contributed by atoms with van der Waals surface area (Å²) in [6.45, 7) is 0. The summed E-state index contributed by atoms with van der Waals surface area (Å²) < 4.78 is 0. The molecule has 2 aliphatic rings. The molecule has 2 atom stereocenters. The van der Waals surface area contributed by atoms with E-state index in [0.717, 1.165) is 17.5 Å². The van der Waals surface area contributed by atoms with Crippen molar-refractivity contribution in [3.05, 3.63) is 28.9 Å². The fourth-order valence-electron chi connectivity index (χ4n) is 2.42. The highest BCUT2D eigenvalue weighted by atomic mass is 14.8. The third kappa shape index (κ3) is 0.739. The van der Waals surface area contributed by atoms with Crippen LogP contribution >= 0.6 is 0 Å². The predicted octanol–water partition coefficient (Wildman–Crippen LogP) is 0.774. The fourth-order valence-corrected chi connectivity index (χ4v) is 2.42. The van der Waals surface area contributed by atoms with E-state index < -0.39 is 0 Å². The third-order valence-electron chi connectivity index (χ3n) is 3.29. The average molecular weight is 182 g/mol. The number of hydrogen-bond acceptors (Lipinski definition) is 1. The molecule has 0 saturated heterocycles. The topological polar surface area (TPSA) is 28.7 Å². The van der Waals surface area contributed by atoms with Crippen molar-refractivity contribution in [3.8, 4) is 0 Å². The van der Waals surface area contributed by atoms with E-state index in [1.807, 2.05) is 12.3 Å². The number of nitrogens with one attached hydrogen (secondary N) is 1. The van der Waals surface area contributed by atoms with Crippen LogP contribution in [0.4, 0.5) is 0 Å². The number of aromatic amines is 1. The fraction of sp³-hybridized carbons (Fsp3) is 0.250. The highest BCUT2D eigenvalue weighted by Crippen LogP contribution is 2.41. The Bertz CT molecular complexity index is 636. The molecule has 0 amide bonds. The molecular weight excluding hydrogens is 172 g/mol. The van der Waals surface area contributed by atoms with Gasteiger partial charge in [-0.25, -0.2) is 4.98 Å². The third-order valence-corrected chi connectivity index (χ3v) is 3.29. The molecule has 2 unspecified atom stereocenters. The van der Waals surface area contributed by atoms with Crippen molar-refractivity contribution in [1.29, 1.82) is 0 Å². The molecule has 0 radical (unpaired) electrons. The normalized spacial score (nSPS) is 27.4. The number of hydrogen-bond donors (Lipinski definition) is 1. The van der Waals surface area contributed by atoms with E-state index >= 15 is 0 Å². The molecular formula is C12H10N2. The lowest BCUT2D eigenvalue weighted by Crippen LogP contribution is -2.25. The van der Waals surface area contributed by atoms with Gasteiger partial charge in [-0.3, -0.25) is 0 Å². The number of aromatic nitrogens is 2. The molecule has 0 aliphatic heterocycles. The van der Waals surface area contributed by atoms with Crippen molar-refractivity contribution in [3.63, 3.8) is 0 Å². The first kappa shape index (κ1) is 6.82. The lowest BCUT2D eigenvalue weighted by atomic mass is 10.1. The second-order valence-corrected chi connectivity index (χ2v) is 4.25. The van der Waals surface area contributed by atoms with Crippen LogP contribution in [-0.4, -0.2) is 9.97 Å². The van der Waals surface area contributed by atoms with E-state index in [-0.39, 0.29) is 0 Å². The Kier molecular flexibility index (Phi) is 1.02. The van der Waals surface area contributed by atoms with Crippen LogP contribution in [0.2, 0.25) is 0 Å². The molecule has 1 fully saturated rings. The summed E-state index contributed by atoms with van der Waals surface area (Å²) in [7, 11) is 0. The van der Waals surface area contributed by atoms with E-state index in [1.54, 1.807) is 0 Å². The summed E-state index contributed by atoms with van der Waals surface area (Å²) in [5.41, 5.74) is 1.02. The molecule has 1 saturated carbocycles. The highest BCUT2D eigenvalue weighted by Gasteiger charge is 2.35. The second kappa shape index (κ2) is 2.08. The number of rotatable bonds is 0. The zero-order valence-corrected chi connectivity index (χ0v) is 7.70. The maximum absolute atomic E-state index is 4.33. The predicted molar refractivity (Wildman–Crippen MR) is 55.9 cm³/mol. The SMILES string of the molecule is C1=c2[nH]c3ncccc3c2=CC2CC12. The van der Waals surface area contributed by atoms with Crippen LogP contribution in [-0.2, 0) is 0 Å². The molecule has 2 heterocycles. The van der Waals surface area contributed by atoms with E-state index in [1.165, 1.54) is 22.4 Å². The lowest BCUT2D eigenvalue weighted by Gasteiger charge is -1.91. The lowest BCUT2D eigenvalue weighted by molar-refractivity contribution is 1.05. The zero-order chi connectivity index (χ0) is 9.12. The quantitative estimate of drug-likeness (QED) is 0.640. The van der Waals surface area contributed by atoms with Crippen molar-refractivity contribution >= 4 is 23.2 Å². The minimum absolute atomic E-state index is 0.801. The molecule has 2 aromatic rings. The summed E-state index contributed by atoms with van der Waals surface area (Å²) in [6, 6.07) is 4.15. The maximum Gasteiger partial charge on any atom is 0.138 e. The van der Waals surface area contributed by atoms with Gasteiger partial charge >= 0.3 is 0 Å². The van der Waals surface area contributed by atoms with Crippen LogP contribution < -0.4 is 10.6 Å². The largest absolute Gasteiger partial charge is 0.339 e. The molecule has 1 N–H and O–H groups in total. The van der Waals surface area contributed by atoms with Gasteiger partial charge in [0.15, 0.2) is 0 Å². The monoisotopic (exact) mass is 182 g/mol. The smallest absolute Gasteiger partial charge is 0.138 e. The van der Waals surface area contributed by atoms with E-state index in [0.29, 0.717) is 0 Å². The summed E-state index contributed by atoms with van der Waals surface area (Å²) in [4.78, 5) is 7.71. The molecule has 2 aliphatic carbocycles. The van der Waals surface area contributed by atoms with Crippen molar-refractivity contribution < 1.29 is 0 Å². The molecule has 4 rings (SSSR count). The Labute approximate surface area is 81.0 Å². The maximum atomic E-state index is 4.33. The minimum Gasteiger partial charge on any atom is -0.339 e. The van der Waals surface area contributed by atoms with Gasteiger partial charge < -0.3 is 4.98 Å². The Hall–Kier alpha value is -1.57. The van der Waals surface area contributed by atoms with Crippen molar-refractivity contribution in [1.82, 2.24) is 9.97 Å².